The van der Waals surface area contributed by atoms with Crippen LogP contribution in [0.4, 0.5) is 5.69 Å². The van der Waals surface area contributed by atoms with Crippen LogP contribution in [-0.4, -0.2) is 24.0 Å². The Bertz CT molecular complexity index is 1190. The molecule has 0 fully saturated rings. The summed E-state index contributed by atoms with van der Waals surface area (Å²) in [6, 6.07) is 24.3. The quantitative estimate of drug-likeness (QED) is 0.407. The SMILES string of the molecule is COc1ccc(CN(C)Cc2ccccc2Cc2cc(N)c3ccc(Cl)cc3n2)cc1. The minimum atomic E-state index is 0.664. The summed E-state index contributed by atoms with van der Waals surface area (Å²) in [5.74, 6) is 0.875. The number of nitrogen functional groups attached to an aromatic ring is 1. The van der Waals surface area contributed by atoms with Crippen molar-refractivity contribution in [1.29, 1.82) is 0 Å². The van der Waals surface area contributed by atoms with E-state index in [2.05, 4.69) is 48.3 Å². The smallest absolute Gasteiger partial charge is 0.118 e. The fraction of sp³-hybridized carbons (Fsp3) is 0.192. The van der Waals surface area contributed by atoms with Crippen molar-refractivity contribution in [2.75, 3.05) is 19.9 Å². The number of halogens is 1. The predicted molar refractivity (Wildman–Crippen MR) is 129 cm³/mol. The molecule has 1 aromatic heterocycles. The third-order valence-electron chi connectivity index (χ3n) is 5.40. The van der Waals surface area contributed by atoms with Crippen molar-refractivity contribution >= 4 is 28.2 Å². The Labute approximate surface area is 188 Å². The fourth-order valence-corrected chi connectivity index (χ4v) is 4.01. The highest BCUT2D eigenvalue weighted by Gasteiger charge is 2.10. The number of aromatic nitrogens is 1. The number of hydrogen-bond acceptors (Lipinski definition) is 4. The number of fused-ring (bicyclic) bond motifs is 1. The number of pyridine rings is 1. The first-order valence-electron chi connectivity index (χ1n) is 10.2. The van der Waals surface area contributed by atoms with E-state index in [1.165, 1.54) is 16.7 Å². The molecule has 0 aliphatic rings. The van der Waals surface area contributed by atoms with Crippen molar-refractivity contribution < 1.29 is 4.74 Å². The van der Waals surface area contributed by atoms with Gasteiger partial charge in [0.05, 0.1) is 12.6 Å². The van der Waals surface area contributed by atoms with Crippen molar-refractivity contribution in [2.24, 2.45) is 0 Å². The summed E-state index contributed by atoms with van der Waals surface area (Å²) >= 11 is 6.16. The number of ether oxygens (including phenoxy) is 1. The van der Waals surface area contributed by atoms with Crippen LogP contribution in [0.25, 0.3) is 10.9 Å². The molecule has 31 heavy (non-hydrogen) atoms. The molecule has 4 nitrogen and oxygen atoms in total. The van der Waals surface area contributed by atoms with Gasteiger partial charge in [-0.15, -0.1) is 0 Å². The van der Waals surface area contributed by atoms with E-state index in [4.69, 9.17) is 27.1 Å². The van der Waals surface area contributed by atoms with Crippen LogP contribution < -0.4 is 10.5 Å². The van der Waals surface area contributed by atoms with Crippen molar-refractivity contribution in [3.05, 3.63) is 100 Å². The van der Waals surface area contributed by atoms with E-state index in [1.54, 1.807) is 7.11 Å². The number of nitrogens with two attached hydrogens (primary N) is 1. The molecule has 4 aromatic rings. The zero-order chi connectivity index (χ0) is 21.8. The Morgan fingerprint density at radius 1 is 0.935 bits per heavy atom. The van der Waals surface area contributed by atoms with Crippen LogP contribution in [0.2, 0.25) is 5.02 Å². The van der Waals surface area contributed by atoms with Crippen molar-refractivity contribution in [3.8, 4) is 5.75 Å². The molecular weight excluding hydrogens is 406 g/mol. The topological polar surface area (TPSA) is 51.4 Å². The Morgan fingerprint density at radius 2 is 1.68 bits per heavy atom. The number of hydrogen-bond donors (Lipinski definition) is 1. The van der Waals surface area contributed by atoms with Gasteiger partial charge >= 0.3 is 0 Å². The van der Waals surface area contributed by atoms with Crippen LogP contribution in [0.5, 0.6) is 5.75 Å². The first-order valence-corrected chi connectivity index (χ1v) is 10.6. The summed E-state index contributed by atoms with van der Waals surface area (Å²) in [6.45, 7) is 1.70. The minimum Gasteiger partial charge on any atom is -0.497 e. The maximum absolute atomic E-state index is 6.29. The maximum Gasteiger partial charge on any atom is 0.118 e. The lowest BCUT2D eigenvalue weighted by atomic mass is 10.0. The average molecular weight is 432 g/mol. The van der Waals surface area contributed by atoms with E-state index >= 15 is 0 Å². The Morgan fingerprint density at radius 3 is 2.42 bits per heavy atom. The first kappa shape index (κ1) is 21.2. The molecule has 0 saturated heterocycles. The molecule has 0 unspecified atom stereocenters. The zero-order valence-corrected chi connectivity index (χ0v) is 18.6. The molecule has 2 N–H and O–H groups in total. The summed E-state index contributed by atoms with van der Waals surface area (Å²) in [4.78, 5) is 7.11. The molecule has 0 spiro atoms. The highest BCUT2D eigenvalue weighted by atomic mass is 35.5. The molecule has 5 heteroatoms. The molecule has 0 atom stereocenters. The molecule has 0 radical (unpaired) electrons. The number of rotatable bonds is 7. The molecule has 4 rings (SSSR count). The van der Waals surface area contributed by atoms with E-state index in [-0.39, 0.29) is 0 Å². The van der Waals surface area contributed by atoms with Gasteiger partial charge in [-0.25, -0.2) is 0 Å². The summed E-state index contributed by atoms with van der Waals surface area (Å²) in [5.41, 5.74) is 12.6. The predicted octanol–water partition coefficient (Wildman–Crippen LogP) is 5.70. The summed E-state index contributed by atoms with van der Waals surface area (Å²) in [6.07, 6.45) is 0.721. The Kier molecular flexibility index (Phi) is 6.40. The summed E-state index contributed by atoms with van der Waals surface area (Å²) in [5, 5.41) is 1.60. The molecule has 0 aliphatic heterocycles. The van der Waals surface area contributed by atoms with E-state index < -0.39 is 0 Å². The lowest BCUT2D eigenvalue weighted by Crippen LogP contribution is -2.18. The van der Waals surface area contributed by atoms with Gasteiger partial charge in [0, 0.05) is 41.3 Å². The largest absolute Gasteiger partial charge is 0.497 e. The summed E-state index contributed by atoms with van der Waals surface area (Å²) < 4.78 is 5.25. The van der Waals surface area contributed by atoms with Gasteiger partial charge in [0.2, 0.25) is 0 Å². The van der Waals surface area contributed by atoms with E-state index in [1.807, 2.05) is 36.4 Å². The number of methoxy groups -OCH3 is 1. The normalized spacial score (nSPS) is 11.2. The standard InChI is InChI=1S/C26H26ClN3O/c1-30(16-18-7-10-23(31-2)11-8-18)17-20-6-4-3-5-19(20)13-22-15-25(28)24-12-9-21(27)14-26(24)29-22/h3-12,14-15H,13,16-17H2,1-2H3,(H2,28,29). The van der Waals surface area contributed by atoms with Gasteiger partial charge in [-0.3, -0.25) is 9.88 Å². The summed E-state index contributed by atoms with van der Waals surface area (Å²) in [7, 11) is 3.82. The van der Waals surface area contributed by atoms with Gasteiger partial charge in [-0.1, -0.05) is 48.0 Å². The molecule has 0 bridgehead atoms. The van der Waals surface area contributed by atoms with Crippen LogP contribution in [0.1, 0.15) is 22.4 Å². The highest BCUT2D eigenvalue weighted by molar-refractivity contribution is 6.31. The van der Waals surface area contributed by atoms with Gasteiger partial charge in [-0.05, 0) is 60.1 Å². The zero-order valence-electron chi connectivity index (χ0n) is 17.8. The van der Waals surface area contributed by atoms with Crippen molar-refractivity contribution in [2.45, 2.75) is 19.5 Å². The fourth-order valence-electron chi connectivity index (χ4n) is 3.84. The monoisotopic (exact) mass is 431 g/mol. The third-order valence-corrected chi connectivity index (χ3v) is 5.63. The van der Waals surface area contributed by atoms with E-state index in [0.29, 0.717) is 5.02 Å². The lowest BCUT2D eigenvalue weighted by molar-refractivity contribution is 0.318. The van der Waals surface area contributed by atoms with Crippen molar-refractivity contribution in [1.82, 2.24) is 9.88 Å². The van der Waals surface area contributed by atoms with Crippen LogP contribution >= 0.6 is 11.6 Å². The minimum absolute atomic E-state index is 0.664. The molecule has 0 saturated carbocycles. The number of benzene rings is 3. The van der Waals surface area contributed by atoms with Gasteiger partial charge in [0.25, 0.3) is 0 Å². The van der Waals surface area contributed by atoms with Gasteiger partial charge in [-0.2, -0.15) is 0 Å². The highest BCUT2D eigenvalue weighted by Crippen LogP contribution is 2.25. The van der Waals surface area contributed by atoms with Crippen molar-refractivity contribution in [3.63, 3.8) is 0 Å². The lowest BCUT2D eigenvalue weighted by Gasteiger charge is -2.19. The molecule has 158 valence electrons. The molecular formula is C26H26ClN3O. The third kappa shape index (κ3) is 5.16. The Hall–Kier alpha value is -3.08. The van der Waals surface area contributed by atoms with Gasteiger partial charge < -0.3 is 10.5 Å². The molecule has 3 aromatic carbocycles. The van der Waals surface area contributed by atoms with Crippen LogP contribution in [0, 0.1) is 0 Å². The molecule has 1 heterocycles. The van der Waals surface area contributed by atoms with E-state index in [9.17, 15) is 0 Å². The van der Waals surface area contributed by atoms with Crippen LogP contribution in [-0.2, 0) is 19.5 Å². The van der Waals surface area contributed by atoms with E-state index in [0.717, 1.165) is 47.5 Å². The number of anilines is 1. The molecule has 0 amide bonds. The second kappa shape index (κ2) is 9.38. The molecule has 0 aliphatic carbocycles. The van der Waals surface area contributed by atoms with Crippen LogP contribution in [0.3, 0.4) is 0 Å². The Balaban J connectivity index is 1.52. The second-order valence-corrected chi connectivity index (χ2v) is 8.27. The maximum atomic E-state index is 6.29. The number of nitrogens with zero attached hydrogens (tertiary/aromatic N) is 2. The first-order chi connectivity index (χ1) is 15.0. The van der Waals surface area contributed by atoms with Gasteiger partial charge in [0.1, 0.15) is 5.75 Å². The van der Waals surface area contributed by atoms with Gasteiger partial charge in [0.15, 0.2) is 0 Å². The van der Waals surface area contributed by atoms with Crippen LogP contribution in [0.15, 0.2) is 72.8 Å². The average Bonchev–Trinajstić information content (AvgIpc) is 2.75. The second-order valence-electron chi connectivity index (χ2n) is 7.83.